The summed E-state index contributed by atoms with van der Waals surface area (Å²) in [5.74, 6) is -0.301. The molecule has 0 unspecified atom stereocenters. The van der Waals surface area contributed by atoms with E-state index in [-0.39, 0.29) is 33.2 Å². The fraction of sp³-hybridized carbons (Fsp3) is 0. The Hall–Kier alpha value is -2.32. The van der Waals surface area contributed by atoms with Gasteiger partial charge in [0, 0.05) is 5.22 Å². The van der Waals surface area contributed by atoms with Gasteiger partial charge in [-0.05, 0) is 0 Å². The molecule has 0 aliphatic carbocycles. The van der Waals surface area contributed by atoms with Crippen molar-refractivity contribution in [3.05, 3.63) is 10.4 Å². The number of hydrogen-bond donors (Lipinski definition) is 6. The smallest absolute Gasteiger partial charge is 0.150 e. The average molecular weight is 225 g/mol. The van der Waals surface area contributed by atoms with Crippen molar-refractivity contribution >= 4 is 29.5 Å². The quantitative estimate of drug-likeness (QED) is 0.168. The van der Waals surface area contributed by atoms with Gasteiger partial charge in [0.15, 0.2) is 0 Å². The van der Waals surface area contributed by atoms with E-state index in [0.29, 0.717) is 10.3 Å². The molecule has 0 saturated carbocycles. The molecule has 1 aromatic carbocycles. The highest BCUT2D eigenvalue weighted by atomic mass is 16.7. The number of fused-ring (bicyclic) bond motifs is 1. The number of aromatic hydroxyl groups is 1. The highest BCUT2D eigenvalue weighted by molar-refractivity contribution is 5.83. The second-order valence-electron chi connectivity index (χ2n) is 3.32. The molecule has 1 heterocycles. The topological polar surface area (TPSA) is 145 Å². The van der Waals surface area contributed by atoms with Gasteiger partial charge in [-0.2, -0.15) is 0 Å². The van der Waals surface area contributed by atoms with Crippen molar-refractivity contribution in [1.29, 1.82) is 0 Å². The standard InChI is InChI=1S/C8H11N5O3/c9-5-3-1-12(15)13(16)2-4(3)8(14)7(11)6(5)10/h1-2,14-16H,9-11H2. The summed E-state index contributed by atoms with van der Waals surface area (Å²) in [6.45, 7) is 0. The Morgan fingerprint density at radius 3 is 1.88 bits per heavy atom. The van der Waals surface area contributed by atoms with Crippen LogP contribution in [0.1, 0.15) is 0 Å². The summed E-state index contributed by atoms with van der Waals surface area (Å²) >= 11 is 0. The van der Waals surface area contributed by atoms with E-state index in [1.807, 2.05) is 0 Å². The molecule has 2 rings (SSSR count). The summed E-state index contributed by atoms with van der Waals surface area (Å²) in [6, 6.07) is 0. The van der Waals surface area contributed by atoms with Gasteiger partial charge >= 0.3 is 0 Å². The summed E-state index contributed by atoms with van der Waals surface area (Å²) in [7, 11) is 0. The third-order valence-corrected chi connectivity index (χ3v) is 2.37. The van der Waals surface area contributed by atoms with Crippen molar-refractivity contribution < 1.29 is 15.5 Å². The van der Waals surface area contributed by atoms with Crippen LogP contribution >= 0.6 is 0 Å². The van der Waals surface area contributed by atoms with E-state index in [9.17, 15) is 15.5 Å². The van der Waals surface area contributed by atoms with E-state index in [2.05, 4.69) is 0 Å². The lowest BCUT2D eigenvalue weighted by Crippen LogP contribution is -2.43. The zero-order valence-electron chi connectivity index (χ0n) is 8.12. The van der Waals surface area contributed by atoms with Gasteiger partial charge in [-0.1, -0.05) is 0 Å². The molecule has 0 bridgehead atoms. The number of phenols is 1. The van der Waals surface area contributed by atoms with Gasteiger partial charge in [-0.25, -0.2) is 0 Å². The summed E-state index contributed by atoms with van der Waals surface area (Å²) in [5.41, 5.74) is 16.8. The maximum Gasteiger partial charge on any atom is 0.150 e. The molecule has 0 atom stereocenters. The number of phenolic OH excluding ortho intramolecular Hbond substituents is 1. The second kappa shape index (κ2) is 3.08. The molecule has 8 nitrogen and oxygen atoms in total. The van der Waals surface area contributed by atoms with E-state index in [1.165, 1.54) is 0 Å². The molecule has 16 heavy (non-hydrogen) atoms. The van der Waals surface area contributed by atoms with E-state index < -0.39 is 0 Å². The number of hydroxylamine groups is 2. The van der Waals surface area contributed by atoms with Gasteiger partial charge in [-0.15, -0.1) is 10.3 Å². The first-order chi connectivity index (χ1) is 7.43. The van der Waals surface area contributed by atoms with Gasteiger partial charge in [0.2, 0.25) is 0 Å². The van der Waals surface area contributed by atoms with Crippen LogP contribution in [-0.4, -0.2) is 25.9 Å². The minimum absolute atomic E-state index is 0.0284. The first-order valence-electron chi connectivity index (χ1n) is 4.28. The Morgan fingerprint density at radius 2 is 1.31 bits per heavy atom. The predicted octanol–water partition coefficient (Wildman–Crippen LogP) is -2.07. The Labute approximate surface area is 89.6 Å². The third-order valence-electron chi connectivity index (χ3n) is 2.37. The molecular formula is C8H11N5O3. The van der Waals surface area contributed by atoms with Crippen LogP contribution in [-0.2, 0) is 0 Å². The van der Waals surface area contributed by atoms with Crippen LogP contribution in [0.4, 0.5) is 17.1 Å². The maximum absolute atomic E-state index is 9.70. The lowest BCUT2D eigenvalue weighted by Gasteiger charge is -2.23. The molecule has 86 valence electrons. The summed E-state index contributed by atoms with van der Waals surface area (Å²) < 4.78 is 0. The molecule has 1 aliphatic rings. The number of anilines is 3. The molecule has 0 saturated heterocycles. The molecule has 9 N–H and O–H groups in total. The van der Waals surface area contributed by atoms with Crippen LogP contribution in [0.25, 0.3) is 12.4 Å². The Kier molecular flexibility index (Phi) is 1.97. The van der Waals surface area contributed by atoms with Gasteiger partial charge in [0.05, 0.1) is 29.0 Å². The highest BCUT2D eigenvalue weighted by Crippen LogP contribution is 2.25. The Bertz CT molecular complexity index is 519. The van der Waals surface area contributed by atoms with E-state index in [4.69, 9.17) is 17.2 Å². The van der Waals surface area contributed by atoms with E-state index in [0.717, 1.165) is 12.4 Å². The molecule has 0 radical (unpaired) electrons. The third kappa shape index (κ3) is 1.17. The van der Waals surface area contributed by atoms with Crippen molar-refractivity contribution in [1.82, 2.24) is 10.3 Å². The number of hydrazine groups is 1. The number of nitrogens with zero attached hydrogens (tertiary/aromatic N) is 2. The minimum Gasteiger partial charge on any atom is -0.505 e. The summed E-state index contributed by atoms with van der Waals surface area (Å²) in [5, 5.41) is 29.3. The number of nitrogen functional groups attached to an aromatic ring is 3. The van der Waals surface area contributed by atoms with Crippen LogP contribution < -0.4 is 27.6 Å². The monoisotopic (exact) mass is 225 g/mol. The molecule has 0 amide bonds. The molecule has 8 heteroatoms. The number of benzene rings is 1. The molecule has 0 spiro atoms. The van der Waals surface area contributed by atoms with Crippen LogP contribution in [0.2, 0.25) is 0 Å². The normalized spacial score (nSPS) is 14.1. The Morgan fingerprint density at radius 1 is 0.812 bits per heavy atom. The first kappa shape index (κ1) is 10.2. The minimum atomic E-state index is -0.301. The number of hydrogen-bond acceptors (Lipinski definition) is 8. The highest BCUT2D eigenvalue weighted by Gasteiger charge is 2.16. The van der Waals surface area contributed by atoms with Gasteiger partial charge < -0.3 is 22.3 Å². The molecule has 0 aromatic heterocycles. The van der Waals surface area contributed by atoms with E-state index >= 15 is 0 Å². The van der Waals surface area contributed by atoms with Gasteiger partial charge in [0.1, 0.15) is 11.4 Å². The van der Waals surface area contributed by atoms with Crippen LogP contribution in [0, 0.1) is 0 Å². The molecular weight excluding hydrogens is 214 g/mol. The fourth-order valence-electron chi connectivity index (χ4n) is 1.45. The lowest BCUT2D eigenvalue weighted by molar-refractivity contribution is -0.287. The molecule has 1 aliphatic heterocycles. The lowest BCUT2D eigenvalue weighted by atomic mass is 10.1. The zero-order valence-corrected chi connectivity index (χ0v) is 8.12. The van der Waals surface area contributed by atoms with Crippen molar-refractivity contribution in [3.8, 4) is 5.75 Å². The molecule has 1 aromatic rings. The van der Waals surface area contributed by atoms with Crippen molar-refractivity contribution in [2.45, 2.75) is 0 Å². The van der Waals surface area contributed by atoms with Gasteiger partial charge in [0.25, 0.3) is 0 Å². The average Bonchev–Trinajstić information content (AvgIpc) is 2.26. The maximum atomic E-state index is 9.70. The van der Waals surface area contributed by atoms with Crippen molar-refractivity contribution in [2.24, 2.45) is 0 Å². The van der Waals surface area contributed by atoms with Crippen LogP contribution in [0.15, 0.2) is 0 Å². The van der Waals surface area contributed by atoms with Crippen LogP contribution in [0.5, 0.6) is 5.75 Å². The summed E-state index contributed by atoms with van der Waals surface area (Å²) in [6.07, 6.45) is 2.15. The SMILES string of the molecule is Nc1c(N)c(O)c2c(c1N)=CN(O)N(O)C=2. The van der Waals surface area contributed by atoms with Crippen LogP contribution in [0.3, 0.4) is 0 Å². The van der Waals surface area contributed by atoms with Crippen molar-refractivity contribution in [3.63, 3.8) is 0 Å². The second-order valence-corrected chi connectivity index (χ2v) is 3.32. The number of rotatable bonds is 0. The van der Waals surface area contributed by atoms with Crippen molar-refractivity contribution in [2.75, 3.05) is 17.2 Å². The predicted molar refractivity (Wildman–Crippen MR) is 56.8 cm³/mol. The van der Waals surface area contributed by atoms with E-state index in [1.54, 1.807) is 0 Å². The number of nitrogens with two attached hydrogens (primary N) is 3. The first-order valence-corrected chi connectivity index (χ1v) is 4.28. The zero-order chi connectivity index (χ0) is 12.0. The fourth-order valence-corrected chi connectivity index (χ4v) is 1.45. The largest absolute Gasteiger partial charge is 0.505 e. The summed E-state index contributed by atoms with van der Waals surface area (Å²) in [4.78, 5) is 0. The molecule has 0 fully saturated rings. The Balaban J connectivity index is 2.95. The van der Waals surface area contributed by atoms with Gasteiger partial charge in [-0.3, -0.25) is 10.4 Å².